The van der Waals surface area contributed by atoms with Gasteiger partial charge < -0.3 is 8.83 Å². The van der Waals surface area contributed by atoms with Crippen LogP contribution in [0.1, 0.15) is 0 Å². The largest absolute Gasteiger partial charge is 0.456 e. The average Bonchev–Trinajstić information content (AvgIpc) is 3.82. The summed E-state index contributed by atoms with van der Waals surface area (Å²) in [5.74, 6) is 1.70. The van der Waals surface area contributed by atoms with Crippen molar-refractivity contribution in [1.82, 2.24) is 15.0 Å². The van der Waals surface area contributed by atoms with Gasteiger partial charge in [0.05, 0.1) is 0 Å². The second kappa shape index (κ2) is 12.1. The molecule has 0 saturated carbocycles. The molecule has 0 bridgehead atoms. The molecule has 252 valence electrons. The number of benzene rings is 8. The fourth-order valence-electron chi connectivity index (χ4n) is 7.74. The lowest BCUT2D eigenvalue weighted by Crippen LogP contribution is -2.01. The zero-order valence-electron chi connectivity index (χ0n) is 28.9. The minimum Gasteiger partial charge on any atom is -0.456 e. The summed E-state index contributed by atoms with van der Waals surface area (Å²) in [5, 5.41) is 6.31. The van der Waals surface area contributed by atoms with Crippen molar-refractivity contribution in [2.24, 2.45) is 0 Å². The van der Waals surface area contributed by atoms with Gasteiger partial charge in [0.15, 0.2) is 17.5 Å². The summed E-state index contributed by atoms with van der Waals surface area (Å²) >= 11 is 0. The first-order chi connectivity index (χ1) is 26.7. The molecule has 5 nitrogen and oxygen atoms in total. The van der Waals surface area contributed by atoms with Gasteiger partial charge in [-0.25, -0.2) is 15.0 Å². The zero-order valence-corrected chi connectivity index (χ0v) is 28.9. The molecular formula is C49H29N3O2. The van der Waals surface area contributed by atoms with Gasteiger partial charge in [-0.2, -0.15) is 0 Å². The molecule has 0 amide bonds. The molecule has 11 aromatic rings. The van der Waals surface area contributed by atoms with Crippen LogP contribution < -0.4 is 0 Å². The second-order valence-electron chi connectivity index (χ2n) is 13.6. The van der Waals surface area contributed by atoms with Crippen LogP contribution in [0.2, 0.25) is 0 Å². The maximum Gasteiger partial charge on any atom is 0.164 e. The Morgan fingerprint density at radius 2 is 0.870 bits per heavy atom. The highest BCUT2D eigenvalue weighted by Gasteiger charge is 2.22. The Morgan fingerprint density at radius 3 is 1.69 bits per heavy atom. The van der Waals surface area contributed by atoms with E-state index in [-0.39, 0.29) is 0 Å². The van der Waals surface area contributed by atoms with Gasteiger partial charge in [0.1, 0.15) is 22.3 Å². The minimum absolute atomic E-state index is 0.559. The summed E-state index contributed by atoms with van der Waals surface area (Å²) in [6, 6.07) is 60.5. The Bertz CT molecular complexity index is 3230. The van der Waals surface area contributed by atoms with E-state index in [0.717, 1.165) is 82.8 Å². The van der Waals surface area contributed by atoms with Gasteiger partial charge in [-0.3, -0.25) is 0 Å². The van der Waals surface area contributed by atoms with E-state index in [0.29, 0.717) is 17.5 Å². The molecule has 0 aliphatic rings. The van der Waals surface area contributed by atoms with Crippen molar-refractivity contribution < 1.29 is 8.83 Å². The molecular weight excluding hydrogens is 663 g/mol. The summed E-state index contributed by atoms with van der Waals surface area (Å²) in [5.41, 5.74) is 10.1. The van der Waals surface area contributed by atoms with Crippen molar-refractivity contribution >= 4 is 54.6 Å². The minimum atomic E-state index is 0.559. The lowest BCUT2D eigenvalue weighted by Gasteiger charge is -2.12. The number of para-hydroxylation sites is 2. The molecule has 0 aliphatic carbocycles. The highest BCUT2D eigenvalue weighted by atomic mass is 16.3. The first-order valence-corrected chi connectivity index (χ1v) is 18.0. The zero-order chi connectivity index (χ0) is 35.6. The van der Waals surface area contributed by atoms with E-state index in [9.17, 15) is 0 Å². The Hall–Kier alpha value is -7.37. The Labute approximate surface area is 309 Å². The van der Waals surface area contributed by atoms with Gasteiger partial charge in [-0.05, 0) is 75.5 Å². The van der Waals surface area contributed by atoms with Crippen LogP contribution in [0, 0.1) is 0 Å². The molecule has 3 heterocycles. The second-order valence-corrected chi connectivity index (χ2v) is 13.6. The van der Waals surface area contributed by atoms with Gasteiger partial charge in [0, 0.05) is 38.2 Å². The third kappa shape index (κ3) is 4.98. The number of hydrogen-bond donors (Lipinski definition) is 0. The molecule has 0 fully saturated rings. The van der Waals surface area contributed by atoms with Crippen LogP contribution in [0.4, 0.5) is 0 Å². The van der Waals surface area contributed by atoms with Crippen LogP contribution in [-0.4, -0.2) is 15.0 Å². The van der Waals surface area contributed by atoms with E-state index in [4.69, 9.17) is 23.8 Å². The highest BCUT2D eigenvalue weighted by molar-refractivity contribution is 6.14. The molecule has 11 rings (SSSR count). The van der Waals surface area contributed by atoms with E-state index in [1.54, 1.807) is 0 Å². The predicted octanol–water partition coefficient (Wildman–Crippen LogP) is 13.2. The number of hydrogen-bond acceptors (Lipinski definition) is 5. The van der Waals surface area contributed by atoms with Crippen LogP contribution in [0.5, 0.6) is 0 Å². The maximum atomic E-state index is 6.57. The fourth-order valence-corrected chi connectivity index (χ4v) is 7.74. The van der Waals surface area contributed by atoms with Gasteiger partial charge >= 0.3 is 0 Å². The van der Waals surface area contributed by atoms with Gasteiger partial charge in [-0.1, -0.05) is 133 Å². The van der Waals surface area contributed by atoms with Crippen molar-refractivity contribution in [3.63, 3.8) is 0 Å². The van der Waals surface area contributed by atoms with Crippen LogP contribution in [0.3, 0.4) is 0 Å². The number of furan rings is 2. The topological polar surface area (TPSA) is 65.0 Å². The molecule has 5 heteroatoms. The molecule has 0 atom stereocenters. The van der Waals surface area contributed by atoms with Crippen molar-refractivity contribution in [2.75, 3.05) is 0 Å². The molecule has 0 aliphatic heterocycles. The fraction of sp³-hybridized carbons (Fsp3) is 0. The van der Waals surface area contributed by atoms with Crippen molar-refractivity contribution in [3.8, 4) is 56.4 Å². The van der Waals surface area contributed by atoms with E-state index < -0.39 is 0 Å². The normalized spacial score (nSPS) is 11.7. The van der Waals surface area contributed by atoms with E-state index in [1.165, 1.54) is 10.8 Å². The van der Waals surface area contributed by atoms with Gasteiger partial charge in [-0.15, -0.1) is 0 Å². The van der Waals surface area contributed by atoms with Crippen LogP contribution in [0.15, 0.2) is 185 Å². The summed E-state index contributed by atoms with van der Waals surface area (Å²) in [4.78, 5) is 15.9. The molecule has 0 spiro atoms. The lowest BCUT2D eigenvalue weighted by atomic mass is 9.96. The van der Waals surface area contributed by atoms with Crippen molar-refractivity contribution in [3.05, 3.63) is 176 Å². The van der Waals surface area contributed by atoms with Crippen LogP contribution in [0.25, 0.3) is 111 Å². The Kier molecular flexibility index (Phi) is 6.79. The van der Waals surface area contributed by atoms with Crippen LogP contribution in [-0.2, 0) is 0 Å². The predicted molar refractivity (Wildman–Crippen MR) is 219 cm³/mol. The monoisotopic (exact) mass is 691 g/mol. The SMILES string of the molecule is c1ccc(-c2cccc(-c3nc(-c4cccc5oc6ccccc6c45)nc(-c4cc(-c5ccc6ccccc6c5)cc5oc6ccccc6c45)n3)c2)cc1. The first kappa shape index (κ1) is 30.3. The molecule has 8 aromatic carbocycles. The Morgan fingerprint density at radius 1 is 0.296 bits per heavy atom. The molecule has 3 aromatic heterocycles. The number of fused-ring (bicyclic) bond motifs is 7. The van der Waals surface area contributed by atoms with E-state index in [1.807, 2.05) is 54.6 Å². The Balaban J connectivity index is 1.21. The summed E-state index contributed by atoms with van der Waals surface area (Å²) in [6.07, 6.45) is 0. The van der Waals surface area contributed by atoms with Crippen molar-refractivity contribution in [1.29, 1.82) is 0 Å². The third-order valence-corrected chi connectivity index (χ3v) is 10.3. The number of rotatable bonds is 5. The number of aromatic nitrogens is 3. The lowest BCUT2D eigenvalue weighted by molar-refractivity contribution is 0.668. The quantitative estimate of drug-likeness (QED) is 0.180. The summed E-state index contributed by atoms with van der Waals surface area (Å²) < 4.78 is 12.9. The third-order valence-electron chi connectivity index (χ3n) is 10.3. The van der Waals surface area contributed by atoms with Crippen LogP contribution >= 0.6 is 0 Å². The van der Waals surface area contributed by atoms with Crippen molar-refractivity contribution in [2.45, 2.75) is 0 Å². The standard InChI is InChI=1S/C49H29N3O2/c1-2-12-30(13-3-1)33-16-10-17-35(27-33)47-50-48(39-20-11-23-43-45(39)37-18-6-8-21-41(37)53-43)52-49(51-47)40-28-36(34-25-24-31-14-4-5-15-32(31)26-34)29-44-46(40)38-19-7-9-22-42(38)54-44/h1-29H. The molecule has 0 unspecified atom stereocenters. The average molecular weight is 692 g/mol. The van der Waals surface area contributed by atoms with Gasteiger partial charge in [0.25, 0.3) is 0 Å². The van der Waals surface area contributed by atoms with E-state index >= 15 is 0 Å². The maximum absolute atomic E-state index is 6.57. The first-order valence-electron chi connectivity index (χ1n) is 18.0. The number of nitrogens with zero attached hydrogens (tertiary/aromatic N) is 3. The molecule has 0 N–H and O–H groups in total. The molecule has 0 radical (unpaired) electrons. The smallest absolute Gasteiger partial charge is 0.164 e. The van der Waals surface area contributed by atoms with Gasteiger partial charge in [0.2, 0.25) is 0 Å². The highest BCUT2D eigenvalue weighted by Crippen LogP contribution is 2.42. The molecule has 0 saturated heterocycles. The van der Waals surface area contributed by atoms with E-state index in [2.05, 4.69) is 121 Å². The molecule has 54 heavy (non-hydrogen) atoms. The summed E-state index contributed by atoms with van der Waals surface area (Å²) in [7, 11) is 0. The summed E-state index contributed by atoms with van der Waals surface area (Å²) in [6.45, 7) is 0.